The number of allylic oxidation sites excluding steroid dienone is 13. The summed E-state index contributed by atoms with van der Waals surface area (Å²) in [5.74, 6) is -1.02. The van der Waals surface area contributed by atoms with Gasteiger partial charge in [0.05, 0.1) is 17.9 Å². The summed E-state index contributed by atoms with van der Waals surface area (Å²) in [5.41, 5.74) is 0. The summed E-state index contributed by atoms with van der Waals surface area (Å²) in [6.07, 6.45) is 64.3. The third-order valence-corrected chi connectivity index (χ3v) is 11.1. The third-order valence-electron chi connectivity index (χ3n) is 10.3. The molecule has 0 aliphatic carbocycles. The summed E-state index contributed by atoms with van der Waals surface area (Å²) >= 11 is 0. The van der Waals surface area contributed by atoms with Crippen molar-refractivity contribution in [2.75, 3.05) is 5.75 Å². The minimum atomic E-state index is -4.37. The zero-order valence-electron chi connectivity index (χ0n) is 37.4. The van der Waals surface area contributed by atoms with Crippen molar-refractivity contribution in [3.05, 3.63) is 85.1 Å². The van der Waals surface area contributed by atoms with Crippen LogP contribution in [-0.2, 0) is 14.9 Å². The van der Waals surface area contributed by atoms with E-state index in [2.05, 4.69) is 92.1 Å². The number of aliphatic hydroxyl groups excluding tert-OH is 1. The van der Waals surface area contributed by atoms with Crippen LogP contribution in [0.1, 0.15) is 213 Å². The Kier molecular flexibility index (Phi) is 42.2. The van der Waals surface area contributed by atoms with Gasteiger partial charge in [0.25, 0.3) is 10.1 Å². The molecule has 0 rings (SSSR count). The van der Waals surface area contributed by atoms with Gasteiger partial charge in [-0.1, -0.05) is 214 Å². The molecular formula is C51H89NO5S. The monoisotopic (exact) mass is 828 g/mol. The number of nitrogens with one attached hydrogen (secondary N) is 1. The molecule has 0 aliphatic rings. The number of amides is 1. The second-order valence-corrected chi connectivity index (χ2v) is 17.5. The van der Waals surface area contributed by atoms with E-state index in [-0.39, 0.29) is 12.3 Å². The molecule has 2 unspecified atom stereocenters. The molecule has 0 aliphatic heterocycles. The normalized spacial score (nSPS) is 13.9. The van der Waals surface area contributed by atoms with Gasteiger partial charge < -0.3 is 10.4 Å². The largest absolute Gasteiger partial charge is 0.387 e. The van der Waals surface area contributed by atoms with E-state index in [1.165, 1.54) is 115 Å². The molecule has 3 N–H and O–H groups in total. The van der Waals surface area contributed by atoms with Gasteiger partial charge in [-0.15, -0.1) is 0 Å². The first-order chi connectivity index (χ1) is 28.3. The maximum atomic E-state index is 12.6. The van der Waals surface area contributed by atoms with Crippen LogP contribution in [0.4, 0.5) is 0 Å². The Hall–Kier alpha value is -2.48. The molecule has 6 nitrogen and oxygen atoms in total. The smallest absolute Gasteiger partial charge is 0.267 e. The van der Waals surface area contributed by atoms with Crippen molar-refractivity contribution in [3.8, 4) is 0 Å². The van der Waals surface area contributed by atoms with Crippen molar-refractivity contribution in [3.63, 3.8) is 0 Å². The van der Waals surface area contributed by atoms with E-state index in [1.54, 1.807) is 0 Å². The molecule has 0 radical (unpaired) electrons. The van der Waals surface area contributed by atoms with Gasteiger partial charge in [-0.25, -0.2) is 0 Å². The van der Waals surface area contributed by atoms with Crippen LogP contribution < -0.4 is 5.32 Å². The summed E-state index contributed by atoms with van der Waals surface area (Å²) < 4.78 is 32.6. The van der Waals surface area contributed by atoms with Crippen molar-refractivity contribution >= 4 is 16.0 Å². The highest BCUT2D eigenvalue weighted by Gasteiger charge is 2.24. The lowest BCUT2D eigenvalue weighted by Crippen LogP contribution is -2.46. The minimum Gasteiger partial charge on any atom is -0.387 e. The predicted octanol–water partition coefficient (Wildman–Crippen LogP) is 14.7. The zero-order valence-corrected chi connectivity index (χ0v) is 38.2. The van der Waals surface area contributed by atoms with Crippen LogP contribution >= 0.6 is 0 Å². The van der Waals surface area contributed by atoms with Crippen LogP contribution in [0.3, 0.4) is 0 Å². The zero-order chi connectivity index (χ0) is 42.5. The molecule has 2 atom stereocenters. The topological polar surface area (TPSA) is 104 Å². The van der Waals surface area contributed by atoms with E-state index in [1.807, 2.05) is 6.08 Å². The number of unbranched alkanes of at least 4 members (excludes halogenated alkanes) is 22. The van der Waals surface area contributed by atoms with Crippen molar-refractivity contribution in [2.24, 2.45) is 0 Å². The highest BCUT2D eigenvalue weighted by molar-refractivity contribution is 7.85. The van der Waals surface area contributed by atoms with Gasteiger partial charge in [0.2, 0.25) is 5.91 Å². The molecule has 0 fully saturated rings. The van der Waals surface area contributed by atoms with Gasteiger partial charge in [-0.3, -0.25) is 9.35 Å². The molecular weight excluding hydrogens is 739 g/mol. The van der Waals surface area contributed by atoms with Crippen molar-refractivity contribution in [2.45, 2.75) is 225 Å². The Morgan fingerprint density at radius 1 is 0.483 bits per heavy atom. The van der Waals surface area contributed by atoms with Crippen molar-refractivity contribution < 1.29 is 22.9 Å². The van der Waals surface area contributed by atoms with Gasteiger partial charge in [0.15, 0.2) is 0 Å². The number of rotatable bonds is 42. The summed E-state index contributed by atoms with van der Waals surface area (Å²) in [6.45, 7) is 4.43. The van der Waals surface area contributed by atoms with E-state index in [0.29, 0.717) is 12.8 Å². The molecule has 58 heavy (non-hydrogen) atoms. The van der Waals surface area contributed by atoms with Gasteiger partial charge in [0.1, 0.15) is 0 Å². The Balaban J connectivity index is 3.94. The lowest BCUT2D eigenvalue weighted by molar-refractivity contribution is -0.122. The molecule has 0 saturated heterocycles. The van der Waals surface area contributed by atoms with E-state index < -0.39 is 28.0 Å². The summed E-state index contributed by atoms with van der Waals surface area (Å²) in [4.78, 5) is 12.6. The lowest BCUT2D eigenvalue weighted by atomic mass is 10.0. The van der Waals surface area contributed by atoms with Gasteiger partial charge in [-0.05, 0) is 77.0 Å². The Bertz CT molecular complexity index is 1230. The molecule has 7 heteroatoms. The van der Waals surface area contributed by atoms with Crippen LogP contribution in [0.15, 0.2) is 85.1 Å². The highest BCUT2D eigenvalue weighted by atomic mass is 32.2. The molecule has 0 aromatic carbocycles. The van der Waals surface area contributed by atoms with Gasteiger partial charge in [0, 0.05) is 6.42 Å². The van der Waals surface area contributed by atoms with E-state index >= 15 is 0 Å². The van der Waals surface area contributed by atoms with Crippen LogP contribution in [0.5, 0.6) is 0 Å². The fourth-order valence-electron chi connectivity index (χ4n) is 6.79. The van der Waals surface area contributed by atoms with E-state index in [9.17, 15) is 22.9 Å². The van der Waals surface area contributed by atoms with Crippen LogP contribution in [-0.4, -0.2) is 41.9 Å². The molecule has 0 spiro atoms. The molecule has 0 bridgehead atoms. The Labute approximate surface area is 358 Å². The quantitative estimate of drug-likeness (QED) is 0.0323. The van der Waals surface area contributed by atoms with E-state index in [0.717, 1.165) is 70.6 Å². The first kappa shape index (κ1) is 55.5. The van der Waals surface area contributed by atoms with E-state index in [4.69, 9.17) is 0 Å². The standard InChI is InChI=1S/C51H89NO5S/c1-3-5-7-9-11-13-15-17-19-21-23-25-26-27-29-31-33-35-37-39-41-43-45-47-51(54)52-49(48-58(55,56)57)50(53)46-44-42-40-38-36-34-32-30-28-24-22-20-18-16-14-12-10-8-6-4-2/h5,7,11,13,17,19,23,25,27,29,36,38,44,46,49-50,53H,3-4,6,8-10,12,14-16,18,20-22,24,26,28,30-35,37,39-43,45,47-48H2,1-2H3,(H,52,54)(H,55,56,57)/b7-5-,13-11-,19-17-,25-23-,29-27-,38-36+,46-44+. The predicted molar refractivity (Wildman–Crippen MR) is 253 cm³/mol. The first-order valence-corrected chi connectivity index (χ1v) is 25.4. The fourth-order valence-corrected chi connectivity index (χ4v) is 7.52. The molecule has 0 aromatic rings. The second-order valence-electron chi connectivity index (χ2n) is 16.0. The Morgan fingerprint density at radius 3 is 1.29 bits per heavy atom. The summed E-state index contributed by atoms with van der Waals surface area (Å²) in [6, 6.07) is -1.09. The highest BCUT2D eigenvalue weighted by Crippen LogP contribution is 2.14. The number of hydrogen-bond acceptors (Lipinski definition) is 4. The molecule has 0 aromatic heterocycles. The van der Waals surface area contributed by atoms with Crippen LogP contribution in [0, 0.1) is 0 Å². The van der Waals surface area contributed by atoms with Crippen molar-refractivity contribution in [1.82, 2.24) is 5.32 Å². The first-order valence-electron chi connectivity index (χ1n) is 23.8. The lowest BCUT2D eigenvalue weighted by Gasteiger charge is -2.21. The van der Waals surface area contributed by atoms with Gasteiger partial charge >= 0.3 is 0 Å². The molecule has 0 heterocycles. The number of carbonyl (C=O) groups is 1. The maximum absolute atomic E-state index is 12.6. The number of aliphatic hydroxyl groups is 1. The average Bonchev–Trinajstić information content (AvgIpc) is 3.19. The number of hydrogen-bond donors (Lipinski definition) is 3. The molecule has 0 saturated carbocycles. The van der Waals surface area contributed by atoms with Gasteiger partial charge in [-0.2, -0.15) is 8.42 Å². The maximum Gasteiger partial charge on any atom is 0.267 e. The fraction of sp³-hybridized carbons (Fsp3) is 0.706. The number of carbonyl (C=O) groups excluding carboxylic acids is 1. The van der Waals surface area contributed by atoms with Crippen molar-refractivity contribution in [1.29, 1.82) is 0 Å². The summed E-state index contributed by atoms with van der Waals surface area (Å²) in [7, 11) is -4.37. The second kappa shape index (κ2) is 44.1. The third kappa shape index (κ3) is 44.6. The SMILES string of the molecule is CC/C=C\C/C=C\C/C=C\C/C=C\C/C=C\CCCCCCCCCC(=O)NC(CS(=O)(=O)O)C(O)/C=C/CC/C=C/CCCCCCCCCCCCCCCC. The summed E-state index contributed by atoms with van der Waals surface area (Å²) in [5, 5.41) is 13.3. The van der Waals surface area contributed by atoms with Crippen LogP contribution in [0.25, 0.3) is 0 Å². The molecule has 334 valence electrons. The average molecular weight is 828 g/mol. The van der Waals surface area contributed by atoms with Crippen LogP contribution in [0.2, 0.25) is 0 Å². The Morgan fingerprint density at radius 2 is 0.845 bits per heavy atom. The molecule has 1 amide bonds. The minimum absolute atomic E-state index is 0.270.